The lowest BCUT2D eigenvalue weighted by molar-refractivity contribution is 0.0698. The predicted octanol–water partition coefficient (Wildman–Crippen LogP) is 5.28. The smallest absolute Gasteiger partial charge is 0.337 e. The first kappa shape index (κ1) is 21.4. The molecule has 3 rings (SSSR count). The van der Waals surface area contributed by atoms with E-state index in [2.05, 4.69) is 20.7 Å². The van der Waals surface area contributed by atoms with Gasteiger partial charge < -0.3 is 5.11 Å². The highest BCUT2D eigenvalue weighted by Crippen LogP contribution is 2.27. The van der Waals surface area contributed by atoms with Gasteiger partial charge in [-0.1, -0.05) is 46.3 Å². The minimum Gasteiger partial charge on any atom is -0.478 e. The molecule has 0 atom stereocenters. The molecular formula is C21H18BrNO4S2. The summed E-state index contributed by atoms with van der Waals surface area (Å²) < 4.78 is 28.3. The van der Waals surface area contributed by atoms with Gasteiger partial charge in [-0.15, -0.1) is 11.8 Å². The van der Waals surface area contributed by atoms with Gasteiger partial charge >= 0.3 is 5.97 Å². The Balaban J connectivity index is 1.75. The zero-order valence-electron chi connectivity index (χ0n) is 15.2. The van der Waals surface area contributed by atoms with E-state index >= 15 is 0 Å². The Bertz CT molecular complexity index is 1100. The number of anilines is 1. The molecule has 150 valence electrons. The predicted molar refractivity (Wildman–Crippen MR) is 119 cm³/mol. The number of halogens is 1. The van der Waals surface area contributed by atoms with Crippen molar-refractivity contribution in [1.82, 2.24) is 0 Å². The van der Waals surface area contributed by atoms with Crippen LogP contribution in [0.2, 0.25) is 0 Å². The number of rotatable bonds is 8. The molecule has 0 bridgehead atoms. The summed E-state index contributed by atoms with van der Waals surface area (Å²) in [6.45, 7) is 0. The fourth-order valence-electron chi connectivity index (χ4n) is 2.63. The average Bonchev–Trinajstić information content (AvgIpc) is 2.70. The van der Waals surface area contributed by atoms with Gasteiger partial charge in [0.15, 0.2) is 0 Å². The van der Waals surface area contributed by atoms with E-state index in [1.54, 1.807) is 18.2 Å². The van der Waals surface area contributed by atoms with E-state index in [-0.39, 0.29) is 16.1 Å². The molecule has 0 saturated heterocycles. The number of carboxylic acids is 1. The van der Waals surface area contributed by atoms with Crippen LogP contribution >= 0.6 is 27.7 Å². The van der Waals surface area contributed by atoms with Crippen LogP contribution in [0.4, 0.5) is 5.69 Å². The Morgan fingerprint density at radius 3 is 2.34 bits per heavy atom. The van der Waals surface area contributed by atoms with Gasteiger partial charge in [0.05, 0.1) is 16.1 Å². The number of aromatic carboxylic acids is 1. The molecular weight excluding hydrogens is 474 g/mol. The summed E-state index contributed by atoms with van der Waals surface area (Å²) in [4.78, 5) is 12.5. The van der Waals surface area contributed by atoms with Crippen LogP contribution in [0.3, 0.4) is 0 Å². The average molecular weight is 492 g/mol. The number of aryl methyl sites for hydroxylation is 1. The summed E-state index contributed by atoms with van der Waals surface area (Å²) >= 11 is 4.78. The van der Waals surface area contributed by atoms with E-state index in [0.29, 0.717) is 0 Å². The molecule has 0 aliphatic rings. The molecule has 0 saturated carbocycles. The molecule has 0 amide bonds. The molecule has 3 aromatic carbocycles. The monoisotopic (exact) mass is 491 g/mol. The van der Waals surface area contributed by atoms with Crippen molar-refractivity contribution >= 4 is 49.4 Å². The molecule has 0 aliphatic carbocycles. The minimum absolute atomic E-state index is 0.0350. The van der Waals surface area contributed by atoms with Crippen molar-refractivity contribution in [3.8, 4) is 0 Å². The first-order valence-corrected chi connectivity index (χ1v) is 11.9. The van der Waals surface area contributed by atoms with Gasteiger partial charge in [-0.05, 0) is 54.4 Å². The quantitative estimate of drug-likeness (QED) is 0.418. The molecule has 2 N–H and O–H groups in total. The first-order chi connectivity index (χ1) is 13.8. The normalized spacial score (nSPS) is 11.2. The van der Waals surface area contributed by atoms with Crippen molar-refractivity contribution < 1.29 is 18.3 Å². The van der Waals surface area contributed by atoms with Crippen LogP contribution in [0, 0.1) is 0 Å². The summed E-state index contributed by atoms with van der Waals surface area (Å²) in [5.41, 5.74) is 1.15. The third-order valence-corrected chi connectivity index (χ3v) is 7.00. The zero-order valence-corrected chi connectivity index (χ0v) is 18.4. The molecule has 3 aromatic rings. The van der Waals surface area contributed by atoms with Crippen LogP contribution in [0.15, 0.2) is 87.1 Å². The van der Waals surface area contributed by atoms with Crippen LogP contribution in [-0.4, -0.2) is 25.2 Å². The van der Waals surface area contributed by atoms with Crippen LogP contribution < -0.4 is 4.72 Å². The van der Waals surface area contributed by atoms with Crippen molar-refractivity contribution in [2.75, 3.05) is 10.5 Å². The number of carbonyl (C=O) groups is 1. The summed E-state index contributed by atoms with van der Waals surface area (Å²) in [6.07, 6.45) is 0.853. The maximum absolute atomic E-state index is 12.6. The highest BCUT2D eigenvalue weighted by Gasteiger charge is 2.19. The highest BCUT2D eigenvalue weighted by molar-refractivity contribution is 9.10. The van der Waals surface area contributed by atoms with Crippen molar-refractivity contribution in [3.05, 3.63) is 88.4 Å². The molecule has 0 fully saturated rings. The van der Waals surface area contributed by atoms with Gasteiger partial charge in [-0.25, -0.2) is 13.2 Å². The van der Waals surface area contributed by atoms with E-state index in [4.69, 9.17) is 0 Å². The Kier molecular flexibility index (Phi) is 7.00. The lowest BCUT2D eigenvalue weighted by Gasteiger charge is -2.12. The van der Waals surface area contributed by atoms with Crippen molar-refractivity contribution in [2.24, 2.45) is 0 Å². The van der Waals surface area contributed by atoms with Crippen molar-refractivity contribution in [2.45, 2.75) is 16.2 Å². The van der Waals surface area contributed by atoms with Gasteiger partial charge in [0.25, 0.3) is 10.0 Å². The summed E-state index contributed by atoms with van der Waals surface area (Å²) in [5.74, 6) is -0.406. The Morgan fingerprint density at radius 1 is 1.00 bits per heavy atom. The van der Waals surface area contributed by atoms with E-state index in [0.717, 1.165) is 21.5 Å². The van der Waals surface area contributed by atoms with Crippen LogP contribution in [-0.2, 0) is 16.4 Å². The maximum atomic E-state index is 12.6. The molecule has 0 aliphatic heterocycles. The fraction of sp³-hybridized carbons (Fsp3) is 0.0952. The van der Waals surface area contributed by atoms with E-state index in [1.807, 2.05) is 30.3 Å². The van der Waals surface area contributed by atoms with Gasteiger partial charge in [-0.3, -0.25) is 4.72 Å². The lowest BCUT2D eigenvalue weighted by atomic mass is 10.2. The largest absolute Gasteiger partial charge is 0.478 e. The van der Waals surface area contributed by atoms with Gasteiger partial charge in [0.1, 0.15) is 0 Å². The topological polar surface area (TPSA) is 83.5 Å². The number of sulfonamides is 1. The molecule has 0 unspecified atom stereocenters. The molecule has 0 aromatic heterocycles. The Labute approximate surface area is 182 Å². The molecule has 0 heterocycles. The summed E-state index contributed by atoms with van der Waals surface area (Å²) in [7, 11) is -3.89. The number of nitrogens with one attached hydrogen (secondary N) is 1. The van der Waals surface area contributed by atoms with Crippen molar-refractivity contribution in [3.63, 3.8) is 0 Å². The minimum atomic E-state index is -3.89. The van der Waals surface area contributed by atoms with E-state index in [9.17, 15) is 18.3 Å². The summed E-state index contributed by atoms with van der Waals surface area (Å²) in [5, 5.41) is 9.55. The van der Waals surface area contributed by atoms with Crippen molar-refractivity contribution in [1.29, 1.82) is 0 Å². The molecule has 29 heavy (non-hydrogen) atoms. The zero-order chi connectivity index (χ0) is 20.9. The Morgan fingerprint density at radius 2 is 1.69 bits per heavy atom. The number of thioether (sulfide) groups is 1. The second-order valence-electron chi connectivity index (χ2n) is 6.16. The van der Waals surface area contributed by atoms with E-state index in [1.165, 1.54) is 41.6 Å². The number of carboxylic acid groups (broad SMARTS) is 1. The highest BCUT2D eigenvalue weighted by atomic mass is 79.9. The molecule has 5 nitrogen and oxygen atoms in total. The van der Waals surface area contributed by atoms with Gasteiger partial charge in [0, 0.05) is 15.1 Å². The summed E-state index contributed by atoms with van der Waals surface area (Å²) in [6, 6.07) is 20.8. The van der Waals surface area contributed by atoms with Crippen LogP contribution in [0.1, 0.15) is 15.9 Å². The maximum Gasteiger partial charge on any atom is 0.337 e. The third-order valence-electron chi connectivity index (χ3n) is 4.09. The van der Waals surface area contributed by atoms with E-state index < -0.39 is 16.0 Å². The lowest BCUT2D eigenvalue weighted by Crippen LogP contribution is -2.15. The fourth-order valence-corrected chi connectivity index (χ4v) is 4.91. The second kappa shape index (κ2) is 9.47. The molecule has 8 heteroatoms. The first-order valence-electron chi connectivity index (χ1n) is 8.67. The van der Waals surface area contributed by atoms with Crippen LogP contribution in [0.5, 0.6) is 0 Å². The number of hydrogen-bond donors (Lipinski definition) is 2. The number of hydrogen-bond acceptors (Lipinski definition) is 4. The standard InChI is InChI=1S/C21H18BrNO4S2/c22-16-6-9-18(10-7-16)29(26,27)23-20-11-8-17(14-19(20)21(24)25)28-13-12-15-4-2-1-3-5-15/h1-11,14,23H,12-13H2,(H,24,25). The molecule has 0 spiro atoms. The van der Waals surface area contributed by atoms with Crippen LogP contribution in [0.25, 0.3) is 0 Å². The second-order valence-corrected chi connectivity index (χ2v) is 9.92. The van der Waals surface area contributed by atoms with Gasteiger partial charge in [0.2, 0.25) is 0 Å². The Hall–Kier alpha value is -2.29. The molecule has 0 radical (unpaired) electrons. The number of benzene rings is 3. The van der Waals surface area contributed by atoms with Gasteiger partial charge in [-0.2, -0.15) is 0 Å². The SMILES string of the molecule is O=C(O)c1cc(SCCc2ccccc2)ccc1NS(=O)(=O)c1ccc(Br)cc1. The third kappa shape index (κ3) is 5.85.